The van der Waals surface area contributed by atoms with E-state index in [1.165, 1.54) is 11.3 Å². The monoisotopic (exact) mass is 338 g/mol. The van der Waals surface area contributed by atoms with Crippen molar-refractivity contribution in [3.63, 3.8) is 0 Å². The minimum atomic E-state index is -0.600. The van der Waals surface area contributed by atoms with E-state index in [1.54, 1.807) is 6.92 Å². The lowest BCUT2D eigenvalue weighted by atomic mass is 10.1. The first kappa shape index (κ1) is 16.2. The van der Waals surface area contributed by atoms with Crippen molar-refractivity contribution in [2.24, 2.45) is 0 Å². The first-order valence-corrected chi connectivity index (χ1v) is 8.55. The number of nitrogens with one attached hydrogen (secondary N) is 1. The number of rotatable bonds is 5. The van der Waals surface area contributed by atoms with E-state index in [9.17, 15) is 4.79 Å². The second-order valence-corrected chi connectivity index (χ2v) is 6.29. The van der Waals surface area contributed by atoms with Crippen LogP contribution < -0.4 is 10.1 Å². The standard InChI is InChI=1S/C19H18N2O2S/c1-13-12-24-19(20-13)21-18(22)14(2)23-17-10-8-16(9-11-17)15-6-4-3-5-7-15/h3-12,14H,1-2H3,(H,20,21,22). The first-order valence-electron chi connectivity index (χ1n) is 7.67. The minimum absolute atomic E-state index is 0.212. The van der Waals surface area contributed by atoms with Crippen LogP contribution in [-0.2, 0) is 4.79 Å². The van der Waals surface area contributed by atoms with Gasteiger partial charge in [0.05, 0.1) is 5.69 Å². The Morgan fingerprint density at radius 2 is 1.75 bits per heavy atom. The van der Waals surface area contributed by atoms with Crippen LogP contribution in [-0.4, -0.2) is 17.0 Å². The Hall–Kier alpha value is -2.66. The zero-order valence-corrected chi connectivity index (χ0v) is 14.3. The van der Waals surface area contributed by atoms with Crippen LogP contribution in [0.2, 0.25) is 0 Å². The van der Waals surface area contributed by atoms with Gasteiger partial charge < -0.3 is 4.74 Å². The molecule has 4 nitrogen and oxygen atoms in total. The number of thiazole rings is 1. The van der Waals surface area contributed by atoms with Crippen LogP contribution in [0.3, 0.4) is 0 Å². The predicted octanol–water partition coefficient (Wildman–Crippen LogP) is 4.52. The van der Waals surface area contributed by atoms with E-state index in [4.69, 9.17) is 4.74 Å². The van der Waals surface area contributed by atoms with Crippen molar-refractivity contribution in [2.75, 3.05) is 5.32 Å². The third-order valence-electron chi connectivity index (χ3n) is 3.49. The molecule has 0 aliphatic rings. The fraction of sp³-hybridized carbons (Fsp3) is 0.158. The van der Waals surface area contributed by atoms with Gasteiger partial charge in [-0.25, -0.2) is 4.98 Å². The highest BCUT2D eigenvalue weighted by Gasteiger charge is 2.16. The van der Waals surface area contributed by atoms with Crippen molar-refractivity contribution in [3.05, 3.63) is 65.7 Å². The molecule has 1 aromatic heterocycles. The normalized spacial score (nSPS) is 11.8. The molecule has 2 aromatic carbocycles. The summed E-state index contributed by atoms with van der Waals surface area (Å²) in [5.41, 5.74) is 3.15. The zero-order chi connectivity index (χ0) is 16.9. The number of aryl methyl sites for hydroxylation is 1. The molecule has 1 amide bonds. The molecule has 3 rings (SSSR count). The number of hydrogen-bond donors (Lipinski definition) is 1. The Morgan fingerprint density at radius 3 is 2.38 bits per heavy atom. The molecule has 1 heterocycles. The molecule has 0 aliphatic carbocycles. The van der Waals surface area contributed by atoms with Gasteiger partial charge in [0.15, 0.2) is 11.2 Å². The van der Waals surface area contributed by atoms with Gasteiger partial charge in [0, 0.05) is 5.38 Å². The number of aromatic nitrogens is 1. The second kappa shape index (κ2) is 7.27. The van der Waals surface area contributed by atoms with Gasteiger partial charge in [-0.3, -0.25) is 10.1 Å². The largest absolute Gasteiger partial charge is 0.481 e. The third-order valence-corrected chi connectivity index (χ3v) is 4.37. The topological polar surface area (TPSA) is 51.2 Å². The molecule has 1 unspecified atom stereocenters. The molecule has 1 atom stereocenters. The highest BCUT2D eigenvalue weighted by atomic mass is 32.1. The molecule has 0 bridgehead atoms. The number of nitrogens with zero attached hydrogens (tertiary/aromatic N) is 1. The Morgan fingerprint density at radius 1 is 1.08 bits per heavy atom. The van der Waals surface area contributed by atoms with Crippen LogP contribution in [0.15, 0.2) is 60.0 Å². The van der Waals surface area contributed by atoms with Gasteiger partial charge in [-0.15, -0.1) is 11.3 Å². The summed E-state index contributed by atoms with van der Waals surface area (Å²) in [6, 6.07) is 17.8. The van der Waals surface area contributed by atoms with Crippen LogP contribution in [0.1, 0.15) is 12.6 Å². The number of carbonyl (C=O) groups is 1. The molecule has 24 heavy (non-hydrogen) atoms. The molecule has 0 radical (unpaired) electrons. The quantitative estimate of drug-likeness (QED) is 0.744. The number of benzene rings is 2. The molecular formula is C19H18N2O2S. The van der Waals surface area contributed by atoms with Gasteiger partial charge in [0.25, 0.3) is 5.91 Å². The molecule has 5 heteroatoms. The van der Waals surface area contributed by atoms with E-state index in [-0.39, 0.29) is 5.91 Å². The Kier molecular flexibility index (Phi) is 4.91. The number of amides is 1. The number of ether oxygens (including phenoxy) is 1. The maximum absolute atomic E-state index is 12.1. The van der Waals surface area contributed by atoms with E-state index in [2.05, 4.69) is 22.4 Å². The van der Waals surface area contributed by atoms with Gasteiger partial charge in [0.1, 0.15) is 5.75 Å². The summed E-state index contributed by atoms with van der Waals surface area (Å²) in [6.07, 6.45) is -0.600. The first-order chi connectivity index (χ1) is 11.6. The molecule has 0 saturated heterocycles. The van der Waals surface area contributed by atoms with Gasteiger partial charge in [-0.1, -0.05) is 42.5 Å². The smallest absolute Gasteiger partial charge is 0.266 e. The molecule has 3 aromatic rings. The van der Waals surface area contributed by atoms with E-state index in [1.807, 2.05) is 54.8 Å². The summed E-state index contributed by atoms with van der Waals surface area (Å²) in [7, 11) is 0. The van der Waals surface area contributed by atoms with Gasteiger partial charge in [0.2, 0.25) is 0 Å². The zero-order valence-electron chi connectivity index (χ0n) is 13.5. The Balaban J connectivity index is 1.62. The van der Waals surface area contributed by atoms with E-state index < -0.39 is 6.10 Å². The van der Waals surface area contributed by atoms with E-state index >= 15 is 0 Å². The fourth-order valence-corrected chi connectivity index (χ4v) is 2.92. The second-order valence-electron chi connectivity index (χ2n) is 5.43. The fourth-order valence-electron chi connectivity index (χ4n) is 2.23. The van der Waals surface area contributed by atoms with Crippen molar-refractivity contribution in [3.8, 4) is 16.9 Å². The number of anilines is 1. The summed E-state index contributed by atoms with van der Waals surface area (Å²) < 4.78 is 5.71. The lowest BCUT2D eigenvalue weighted by Gasteiger charge is -2.14. The SMILES string of the molecule is Cc1csc(NC(=O)C(C)Oc2ccc(-c3ccccc3)cc2)n1. The minimum Gasteiger partial charge on any atom is -0.481 e. The maximum Gasteiger partial charge on any atom is 0.266 e. The summed E-state index contributed by atoms with van der Waals surface area (Å²) in [6.45, 7) is 3.61. The van der Waals surface area contributed by atoms with Crippen molar-refractivity contribution >= 4 is 22.4 Å². The highest BCUT2D eigenvalue weighted by molar-refractivity contribution is 7.13. The van der Waals surface area contributed by atoms with Gasteiger partial charge in [-0.05, 0) is 37.1 Å². The van der Waals surface area contributed by atoms with E-state index in [0.29, 0.717) is 10.9 Å². The van der Waals surface area contributed by atoms with Crippen molar-refractivity contribution in [2.45, 2.75) is 20.0 Å². The van der Waals surface area contributed by atoms with Crippen molar-refractivity contribution < 1.29 is 9.53 Å². The third kappa shape index (κ3) is 4.00. The molecule has 0 aliphatic heterocycles. The summed E-state index contributed by atoms with van der Waals surface area (Å²) in [5, 5.41) is 5.25. The average molecular weight is 338 g/mol. The van der Waals surface area contributed by atoms with E-state index in [0.717, 1.165) is 16.8 Å². The van der Waals surface area contributed by atoms with Crippen molar-refractivity contribution in [1.29, 1.82) is 0 Å². The number of carbonyl (C=O) groups excluding carboxylic acids is 1. The van der Waals surface area contributed by atoms with Crippen LogP contribution in [0.5, 0.6) is 5.75 Å². The lowest BCUT2D eigenvalue weighted by molar-refractivity contribution is -0.122. The van der Waals surface area contributed by atoms with Crippen molar-refractivity contribution in [1.82, 2.24) is 4.98 Å². The molecule has 0 saturated carbocycles. The predicted molar refractivity (Wildman–Crippen MR) is 97.4 cm³/mol. The van der Waals surface area contributed by atoms with Crippen LogP contribution in [0.25, 0.3) is 11.1 Å². The van der Waals surface area contributed by atoms with Gasteiger partial charge in [-0.2, -0.15) is 0 Å². The molecule has 0 fully saturated rings. The Bertz CT molecular complexity index is 813. The molecule has 0 spiro atoms. The van der Waals surface area contributed by atoms with Crippen LogP contribution in [0.4, 0.5) is 5.13 Å². The Labute approximate surface area is 145 Å². The average Bonchev–Trinajstić information content (AvgIpc) is 3.01. The van der Waals surface area contributed by atoms with Crippen LogP contribution >= 0.6 is 11.3 Å². The summed E-state index contributed by atoms with van der Waals surface area (Å²) in [5.74, 6) is 0.448. The maximum atomic E-state index is 12.1. The number of hydrogen-bond acceptors (Lipinski definition) is 4. The lowest BCUT2D eigenvalue weighted by Crippen LogP contribution is -2.30. The molecule has 122 valence electrons. The van der Waals surface area contributed by atoms with Gasteiger partial charge >= 0.3 is 0 Å². The highest BCUT2D eigenvalue weighted by Crippen LogP contribution is 2.23. The summed E-state index contributed by atoms with van der Waals surface area (Å²) >= 11 is 1.40. The summed E-state index contributed by atoms with van der Waals surface area (Å²) in [4.78, 5) is 16.4. The molecule has 1 N–H and O–H groups in total. The molecular weight excluding hydrogens is 320 g/mol. The van der Waals surface area contributed by atoms with Crippen LogP contribution in [0, 0.1) is 6.92 Å².